The number of nitrogens with one attached hydrogen (secondary N) is 1. The van der Waals surface area contributed by atoms with Gasteiger partial charge in [0.1, 0.15) is 0 Å². The first-order valence-corrected chi connectivity index (χ1v) is 8.50. The Labute approximate surface area is 127 Å². The van der Waals surface area contributed by atoms with Crippen LogP contribution in [0.4, 0.5) is 0 Å². The van der Waals surface area contributed by atoms with Gasteiger partial charge in [-0.3, -0.25) is 0 Å². The third-order valence-corrected chi connectivity index (χ3v) is 5.19. The van der Waals surface area contributed by atoms with E-state index in [1.165, 1.54) is 11.1 Å². The van der Waals surface area contributed by atoms with Crippen molar-refractivity contribution in [1.82, 2.24) is 4.72 Å². The average molecular weight is 303 g/mol. The summed E-state index contributed by atoms with van der Waals surface area (Å²) in [7, 11) is -3.44. The molecule has 2 aromatic carbocycles. The lowest BCUT2D eigenvalue weighted by molar-refractivity contribution is 0.581. The number of aryl methyl sites for hydroxylation is 3. The quantitative estimate of drug-likeness (QED) is 0.922. The first-order valence-electron chi connectivity index (χ1n) is 7.01. The van der Waals surface area contributed by atoms with Crippen molar-refractivity contribution in [3.05, 3.63) is 64.7 Å². The fourth-order valence-corrected chi connectivity index (χ4v) is 3.65. The second-order valence-electron chi connectivity index (χ2n) is 5.34. The molecule has 2 aromatic rings. The van der Waals surface area contributed by atoms with E-state index in [1.54, 1.807) is 6.07 Å². The van der Waals surface area contributed by atoms with Crippen LogP contribution in [0.2, 0.25) is 0 Å². The van der Waals surface area contributed by atoms with E-state index in [-0.39, 0.29) is 0 Å². The zero-order valence-corrected chi connectivity index (χ0v) is 13.5. The number of benzene rings is 2. The van der Waals surface area contributed by atoms with Gasteiger partial charge in [-0.15, -0.1) is 0 Å². The van der Waals surface area contributed by atoms with E-state index >= 15 is 0 Å². The Bertz CT molecular complexity index is 736. The second kappa shape index (κ2) is 6.41. The van der Waals surface area contributed by atoms with E-state index in [2.05, 4.69) is 4.72 Å². The van der Waals surface area contributed by atoms with Crippen LogP contribution in [-0.4, -0.2) is 15.0 Å². The minimum absolute atomic E-state index is 0.359. The molecule has 0 aliphatic carbocycles. The highest BCUT2D eigenvalue weighted by Crippen LogP contribution is 2.16. The van der Waals surface area contributed by atoms with Crippen LogP contribution in [0.1, 0.15) is 22.3 Å². The molecule has 0 spiro atoms. The molecule has 2 rings (SSSR count). The topological polar surface area (TPSA) is 46.2 Å². The lowest BCUT2D eigenvalue weighted by Gasteiger charge is -2.11. The van der Waals surface area contributed by atoms with Crippen LogP contribution in [0, 0.1) is 20.8 Å². The molecule has 0 heterocycles. The Morgan fingerprint density at radius 3 is 2.33 bits per heavy atom. The highest BCUT2D eigenvalue weighted by atomic mass is 32.2. The highest BCUT2D eigenvalue weighted by molar-refractivity contribution is 7.89. The molecule has 0 fully saturated rings. The van der Waals surface area contributed by atoms with Crippen molar-refractivity contribution >= 4 is 10.0 Å². The van der Waals surface area contributed by atoms with E-state index in [0.717, 1.165) is 11.1 Å². The van der Waals surface area contributed by atoms with Gasteiger partial charge in [-0.05, 0) is 49.9 Å². The fraction of sp³-hybridized carbons (Fsp3) is 0.294. The Balaban J connectivity index is 2.07. The monoisotopic (exact) mass is 303 g/mol. The molecule has 0 saturated carbocycles. The Hall–Kier alpha value is -1.65. The Kier molecular flexibility index (Phi) is 4.80. The first-order chi connectivity index (χ1) is 9.90. The van der Waals surface area contributed by atoms with Gasteiger partial charge < -0.3 is 0 Å². The molecule has 0 radical (unpaired) electrons. The van der Waals surface area contributed by atoms with Gasteiger partial charge in [0.15, 0.2) is 0 Å². The van der Waals surface area contributed by atoms with Gasteiger partial charge in [-0.1, -0.05) is 42.0 Å². The number of hydrogen-bond acceptors (Lipinski definition) is 2. The van der Waals surface area contributed by atoms with Crippen molar-refractivity contribution < 1.29 is 8.42 Å². The second-order valence-corrected chi connectivity index (χ2v) is 7.08. The van der Waals surface area contributed by atoms with Crippen molar-refractivity contribution in [2.45, 2.75) is 32.1 Å². The molecular weight excluding hydrogens is 282 g/mol. The molecule has 0 unspecified atom stereocenters. The SMILES string of the molecule is Cc1ccc(S(=O)(=O)NCCc2ccccc2C)c(C)c1. The summed E-state index contributed by atoms with van der Waals surface area (Å²) in [5.74, 6) is 0. The predicted octanol–water partition coefficient (Wildman–Crippen LogP) is 3.13. The van der Waals surface area contributed by atoms with Crippen molar-refractivity contribution in [3.8, 4) is 0 Å². The summed E-state index contributed by atoms with van der Waals surface area (Å²) in [6.45, 7) is 6.21. The van der Waals surface area contributed by atoms with E-state index < -0.39 is 10.0 Å². The van der Waals surface area contributed by atoms with Gasteiger partial charge in [-0.25, -0.2) is 13.1 Å². The van der Waals surface area contributed by atoms with Crippen LogP contribution in [0.5, 0.6) is 0 Å². The molecule has 0 bridgehead atoms. The number of rotatable bonds is 5. The molecule has 1 N–H and O–H groups in total. The lowest BCUT2D eigenvalue weighted by atomic mass is 10.1. The first kappa shape index (κ1) is 15.7. The van der Waals surface area contributed by atoms with Gasteiger partial charge in [0, 0.05) is 6.54 Å². The van der Waals surface area contributed by atoms with Crippen molar-refractivity contribution in [1.29, 1.82) is 0 Å². The molecule has 112 valence electrons. The lowest BCUT2D eigenvalue weighted by Crippen LogP contribution is -2.26. The van der Waals surface area contributed by atoms with Crippen LogP contribution >= 0.6 is 0 Å². The maximum Gasteiger partial charge on any atom is 0.240 e. The van der Waals surface area contributed by atoms with Crippen molar-refractivity contribution in [2.75, 3.05) is 6.54 Å². The maximum atomic E-state index is 12.3. The van der Waals surface area contributed by atoms with Crippen LogP contribution in [0.3, 0.4) is 0 Å². The summed E-state index contributed by atoms with van der Waals surface area (Å²) >= 11 is 0. The van der Waals surface area contributed by atoms with Crippen LogP contribution in [-0.2, 0) is 16.4 Å². The smallest absolute Gasteiger partial charge is 0.211 e. The van der Waals surface area contributed by atoms with Gasteiger partial charge in [-0.2, -0.15) is 0 Å². The van der Waals surface area contributed by atoms with E-state index in [1.807, 2.05) is 57.2 Å². The predicted molar refractivity (Wildman–Crippen MR) is 86.0 cm³/mol. The average Bonchev–Trinajstić information content (AvgIpc) is 2.40. The molecule has 3 nitrogen and oxygen atoms in total. The summed E-state index contributed by atoms with van der Waals surface area (Å²) in [6, 6.07) is 13.4. The number of hydrogen-bond donors (Lipinski definition) is 1. The molecule has 0 aliphatic rings. The Morgan fingerprint density at radius 1 is 0.952 bits per heavy atom. The van der Waals surface area contributed by atoms with Gasteiger partial charge in [0.05, 0.1) is 4.90 Å². The standard InChI is InChI=1S/C17H21NO2S/c1-13-8-9-17(15(3)12-13)21(19,20)18-11-10-16-7-5-4-6-14(16)2/h4-9,12,18H,10-11H2,1-3H3. The Morgan fingerprint density at radius 2 is 1.67 bits per heavy atom. The van der Waals surface area contributed by atoms with Crippen molar-refractivity contribution in [3.63, 3.8) is 0 Å². The third kappa shape index (κ3) is 3.93. The molecule has 0 atom stereocenters. The molecule has 0 aromatic heterocycles. The minimum Gasteiger partial charge on any atom is -0.211 e. The maximum absolute atomic E-state index is 12.3. The third-order valence-electron chi connectivity index (χ3n) is 3.57. The highest BCUT2D eigenvalue weighted by Gasteiger charge is 2.16. The molecule has 0 aliphatic heterocycles. The van der Waals surface area contributed by atoms with Crippen LogP contribution < -0.4 is 4.72 Å². The zero-order valence-electron chi connectivity index (χ0n) is 12.7. The van der Waals surface area contributed by atoms with Crippen LogP contribution in [0.25, 0.3) is 0 Å². The fourth-order valence-electron chi connectivity index (χ4n) is 2.39. The summed E-state index contributed by atoms with van der Waals surface area (Å²) in [5, 5.41) is 0. The van der Waals surface area contributed by atoms with E-state index in [9.17, 15) is 8.42 Å². The molecule has 0 saturated heterocycles. The minimum atomic E-state index is -3.44. The summed E-state index contributed by atoms with van der Waals surface area (Å²) in [4.78, 5) is 0.359. The van der Waals surface area contributed by atoms with E-state index in [4.69, 9.17) is 0 Å². The molecular formula is C17H21NO2S. The summed E-state index contributed by atoms with van der Waals surface area (Å²) in [5.41, 5.74) is 4.19. The molecule has 0 amide bonds. The van der Waals surface area contributed by atoms with Gasteiger partial charge in [0.25, 0.3) is 0 Å². The summed E-state index contributed by atoms with van der Waals surface area (Å²) < 4.78 is 27.3. The largest absolute Gasteiger partial charge is 0.240 e. The summed E-state index contributed by atoms with van der Waals surface area (Å²) in [6.07, 6.45) is 0.691. The molecule has 21 heavy (non-hydrogen) atoms. The molecule has 4 heteroatoms. The van der Waals surface area contributed by atoms with Gasteiger partial charge >= 0.3 is 0 Å². The van der Waals surface area contributed by atoms with E-state index in [0.29, 0.717) is 17.9 Å². The van der Waals surface area contributed by atoms with Gasteiger partial charge in [0.2, 0.25) is 10.0 Å². The van der Waals surface area contributed by atoms with Crippen molar-refractivity contribution in [2.24, 2.45) is 0 Å². The van der Waals surface area contributed by atoms with Crippen LogP contribution in [0.15, 0.2) is 47.4 Å². The zero-order chi connectivity index (χ0) is 15.5. The number of sulfonamides is 1. The normalized spacial score (nSPS) is 11.6.